The van der Waals surface area contributed by atoms with Gasteiger partial charge in [-0.3, -0.25) is 0 Å². The molecule has 0 radical (unpaired) electrons. The Morgan fingerprint density at radius 1 is 0.545 bits per heavy atom. The van der Waals surface area contributed by atoms with Crippen molar-refractivity contribution < 1.29 is 24.0 Å². The standard InChI is InChI=1S/C20H38P.HI/c1-2-21(18-12-6-3-7-13-18,19-14-8-4-9-15-19)20-16-10-5-11-17-20;/h18-20H,2-17H2,1H3;1H/q+1;/p-1. The van der Waals surface area contributed by atoms with Crippen molar-refractivity contribution in [2.45, 2.75) is 120 Å². The fourth-order valence-electron chi connectivity index (χ4n) is 6.35. The maximum Gasteiger partial charge on any atom is 0.0703 e. The largest absolute Gasteiger partial charge is 1.00 e. The van der Waals surface area contributed by atoms with E-state index in [1.54, 1.807) is 83.2 Å². The molecule has 0 aromatic carbocycles. The summed E-state index contributed by atoms with van der Waals surface area (Å²) >= 11 is 0. The van der Waals surface area contributed by atoms with Crippen LogP contribution < -0.4 is 24.0 Å². The molecule has 3 saturated carbocycles. The van der Waals surface area contributed by atoms with Gasteiger partial charge in [-0.25, -0.2) is 0 Å². The van der Waals surface area contributed by atoms with Gasteiger partial charge in [0, 0.05) is 7.26 Å². The summed E-state index contributed by atoms with van der Waals surface area (Å²) in [5.41, 5.74) is 3.59. The second-order valence-corrected chi connectivity index (χ2v) is 13.0. The molecular formula is C20H38IP. The van der Waals surface area contributed by atoms with Crippen LogP contribution in [0.1, 0.15) is 103 Å². The highest BCUT2D eigenvalue weighted by Gasteiger charge is 2.55. The number of hydrogen-bond acceptors (Lipinski definition) is 0. The molecule has 0 nitrogen and oxygen atoms in total. The van der Waals surface area contributed by atoms with E-state index in [0.717, 1.165) is 0 Å². The first-order valence-electron chi connectivity index (χ1n) is 10.2. The van der Waals surface area contributed by atoms with Gasteiger partial charge in [0.05, 0.1) is 23.1 Å². The molecule has 0 heterocycles. The normalized spacial score (nSPS) is 26.6. The molecular weight excluding hydrogens is 398 g/mol. The Morgan fingerprint density at radius 3 is 1.05 bits per heavy atom. The Hall–Kier alpha value is 1.16. The lowest BCUT2D eigenvalue weighted by atomic mass is 9.99. The van der Waals surface area contributed by atoms with E-state index in [1.165, 1.54) is 36.2 Å². The molecule has 0 aliphatic heterocycles. The third kappa shape index (κ3) is 4.04. The molecule has 0 unspecified atom stereocenters. The second kappa shape index (κ2) is 9.59. The van der Waals surface area contributed by atoms with Crippen molar-refractivity contribution in [1.29, 1.82) is 0 Å². The molecule has 0 bridgehead atoms. The van der Waals surface area contributed by atoms with Crippen LogP contribution in [0, 0.1) is 0 Å². The van der Waals surface area contributed by atoms with Crippen LogP contribution in [0.4, 0.5) is 0 Å². The van der Waals surface area contributed by atoms with Crippen molar-refractivity contribution in [3.05, 3.63) is 0 Å². The minimum absolute atomic E-state index is 0. The first kappa shape index (κ1) is 19.5. The van der Waals surface area contributed by atoms with Gasteiger partial charge in [-0.2, -0.15) is 0 Å². The predicted octanol–water partition coefficient (Wildman–Crippen LogP) is 4.03. The maximum atomic E-state index is 2.62. The summed E-state index contributed by atoms with van der Waals surface area (Å²) in [5, 5.41) is 0. The topological polar surface area (TPSA) is 0 Å². The van der Waals surface area contributed by atoms with Crippen molar-refractivity contribution in [3.8, 4) is 0 Å². The van der Waals surface area contributed by atoms with Crippen LogP contribution in [0.25, 0.3) is 0 Å². The first-order valence-corrected chi connectivity index (χ1v) is 12.4. The Kier molecular flexibility index (Phi) is 8.50. The van der Waals surface area contributed by atoms with E-state index < -0.39 is 7.26 Å². The van der Waals surface area contributed by atoms with Gasteiger partial charge in [-0.15, -0.1) is 0 Å². The van der Waals surface area contributed by atoms with Crippen molar-refractivity contribution in [2.24, 2.45) is 0 Å². The SMILES string of the molecule is CC[P+](C1CCCCC1)(C1CCCCC1)C1CCCCC1.[I-]. The Balaban J connectivity index is 0.00000176. The summed E-state index contributed by atoms with van der Waals surface area (Å²) in [6.45, 7) is 2.62. The zero-order chi connectivity index (χ0) is 14.5. The molecule has 3 aliphatic carbocycles. The molecule has 3 fully saturated rings. The lowest BCUT2D eigenvalue weighted by Crippen LogP contribution is -3.00. The summed E-state index contributed by atoms with van der Waals surface area (Å²) in [6.07, 6.45) is 25.3. The Labute approximate surface area is 157 Å². The van der Waals surface area contributed by atoms with E-state index in [0.29, 0.717) is 0 Å². The molecule has 22 heavy (non-hydrogen) atoms. The van der Waals surface area contributed by atoms with Crippen molar-refractivity contribution in [2.75, 3.05) is 6.16 Å². The van der Waals surface area contributed by atoms with Gasteiger partial charge in [0.1, 0.15) is 0 Å². The smallest absolute Gasteiger partial charge is 0.0703 e. The van der Waals surface area contributed by atoms with Crippen LogP contribution in [-0.4, -0.2) is 23.1 Å². The van der Waals surface area contributed by atoms with Gasteiger partial charge >= 0.3 is 0 Å². The van der Waals surface area contributed by atoms with Gasteiger partial charge < -0.3 is 24.0 Å². The first-order chi connectivity index (χ1) is 10.4. The quantitative estimate of drug-likeness (QED) is 0.461. The third-order valence-corrected chi connectivity index (χ3v) is 14.0. The summed E-state index contributed by atoms with van der Waals surface area (Å²) in [5.74, 6) is 0. The lowest BCUT2D eigenvalue weighted by Gasteiger charge is -2.48. The van der Waals surface area contributed by atoms with Crippen LogP contribution in [-0.2, 0) is 0 Å². The maximum absolute atomic E-state index is 2.62. The molecule has 0 N–H and O–H groups in total. The average Bonchev–Trinajstić information content (AvgIpc) is 2.59. The van der Waals surface area contributed by atoms with E-state index in [1.807, 2.05) is 0 Å². The molecule has 0 aromatic heterocycles. The van der Waals surface area contributed by atoms with E-state index in [9.17, 15) is 0 Å². The van der Waals surface area contributed by atoms with Crippen LogP contribution in [0.5, 0.6) is 0 Å². The van der Waals surface area contributed by atoms with Crippen molar-refractivity contribution in [1.82, 2.24) is 0 Å². The molecule has 0 amide bonds. The Morgan fingerprint density at radius 2 is 0.818 bits per heavy atom. The predicted molar refractivity (Wildman–Crippen MR) is 98.1 cm³/mol. The molecule has 0 spiro atoms. The highest BCUT2D eigenvalue weighted by molar-refractivity contribution is 7.77. The van der Waals surface area contributed by atoms with Crippen LogP contribution in [0.3, 0.4) is 0 Å². The fraction of sp³-hybridized carbons (Fsp3) is 1.00. The van der Waals surface area contributed by atoms with Gasteiger partial charge in [0.15, 0.2) is 0 Å². The minimum Gasteiger partial charge on any atom is -1.00 e. The average molecular weight is 436 g/mol. The van der Waals surface area contributed by atoms with Crippen LogP contribution >= 0.6 is 7.26 Å². The molecule has 3 aliphatic rings. The van der Waals surface area contributed by atoms with E-state index in [4.69, 9.17) is 0 Å². The molecule has 0 saturated heterocycles. The van der Waals surface area contributed by atoms with E-state index in [-0.39, 0.29) is 24.0 Å². The summed E-state index contributed by atoms with van der Waals surface area (Å²) in [7, 11) is -0.703. The minimum atomic E-state index is -0.703. The summed E-state index contributed by atoms with van der Waals surface area (Å²) in [6, 6.07) is 0. The second-order valence-electron chi connectivity index (χ2n) is 8.19. The molecule has 3 rings (SSSR count). The zero-order valence-corrected chi connectivity index (χ0v) is 17.9. The molecule has 0 atom stereocenters. The molecule has 0 aromatic rings. The van der Waals surface area contributed by atoms with Gasteiger partial charge in [-0.1, -0.05) is 19.3 Å². The fourth-order valence-corrected chi connectivity index (χ4v) is 13.7. The number of hydrogen-bond donors (Lipinski definition) is 0. The number of halogens is 1. The highest BCUT2D eigenvalue weighted by atomic mass is 127. The van der Waals surface area contributed by atoms with E-state index in [2.05, 4.69) is 6.92 Å². The van der Waals surface area contributed by atoms with Gasteiger partial charge in [0.2, 0.25) is 0 Å². The monoisotopic (exact) mass is 436 g/mol. The van der Waals surface area contributed by atoms with Crippen LogP contribution in [0.2, 0.25) is 0 Å². The molecule has 2 heteroatoms. The van der Waals surface area contributed by atoms with Crippen LogP contribution in [0.15, 0.2) is 0 Å². The lowest BCUT2D eigenvalue weighted by molar-refractivity contribution is -0.00000451. The summed E-state index contributed by atoms with van der Waals surface area (Å²) in [4.78, 5) is 0. The zero-order valence-electron chi connectivity index (χ0n) is 14.9. The van der Waals surface area contributed by atoms with Crippen molar-refractivity contribution in [3.63, 3.8) is 0 Å². The third-order valence-electron chi connectivity index (χ3n) is 7.31. The van der Waals surface area contributed by atoms with Gasteiger partial charge in [-0.05, 0) is 84.0 Å². The number of rotatable bonds is 4. The van der Waals surface area contributed by atoms with Gasteiger partial charge in [0.25, 0.3) is 0 Å². The van der Waals surface area contributed by atoms with Crippen molar-refractivity contribution >= 4 is 7.26 Å². The Bertz CT molecular complexity index is 253. The highest BCUT2D eigenvalue weighted by Crippen LogP contribution is 2.76. The van der Waals surface area contributed by atoms with E-state index >= 15 is 0 Å². The summed E-state index contributed by atoms with van der Waals surface area (Å²) < 4.78 is 0. The molecule has 130 valence electrons.